The van der Waals surface area contributed by atoms with Crippen LogP contribution in [0.15, 0.2) is 30.3 Å². The van der Waals surface area contributed by atoms with Gasteiger partial charge in [0.1, 0.15) is 5.82 Å². The summed E-state index contributed by atoms with van der Waals surface area (Å²) in [7, 11) is 0. The molecule has 0 saturated heterocycles. The summed E-state index contributed by atoms with van der Waals surface area (Å²) >= 11 is 0. The van der Waals surface area contributed by atoms with Crippen molar-refractivity contribution in [1.29, 1.82) is 0 Å². The first kappa shape index (κ1) is 21.2. The van der Waals surface area contributed by atoms with Gasteiger partial charge < -0.3 is 19.9 Å². The topological polar surface area (TPSA) is 124 Å². The Morgan fingerprint density at radius 1 is 1.21 bits per heavy atom. The highest BCUT2D eigenvalue weighted by Gasteiger charge is 2.22. The van der Waals surface area contributed by atoms with E-state index in [0.29, 0.717) is 30.3 Å². The Morgan fingerprint density at radius 3 is 3.03 bits per heavy atom. The Hall–Kier alpha value is -3.69. The van der Waals surface area contributed by atoms with Crippen molar-refractivity contribution in [1.82, 2.24) is 25.2 Å². The molecule has 0 amide bonds. The molecular formula is C23H26N6O4. The van der Waals surface area contributed by atoms with E-state index in [1.165, 1.54) is 5.56 Å². The van der Waals surface area contributed by atoms with E-state index in [2.05, 4.69) is 32.9 Å². The summed E-state index contributed by atoms with van der Waals surface area (Å²) in [6.07, 6.45) is 4.23. The predicted octanol–water partition coefficient (Wildman–Crippen LogP) is 2.59. The fourth-order valence-corrected chi connectivity index (χ4v) is 4.27. The van der Waals surface area contributed by atoms with Crippen LogP contribution in [0.25, 0.3) is 0 Å². The number of rotatable bonds is 9. The molecule has 2 aliphatic heterocycles. The van der Waals surface area contributed by atoms with Crippen molar-refractivity contribution in [2.45, 2.75) is 51.0 Å². The summed E-state index contributed by atoms with van der Waals surface area (Å²) in [6, 6.07) is 9.76. The van der Waals surface area contributed by atoms with Crippen molar-refractivity contribution in [3.63, 3.8) is 0 Å². The van der Waals surface area contributed by atoms with Gasteiger partial charge in [-0.05, 0) is 60.2 Å². The third-order valence-corrected chi connectivity index (χ3v) is 5.96. The lowest BCUT2D eigenvalue weighted by Gasteiger charge is -2.17. The maximum atomic E-state index is 11.4. The molecule has 5 rings (SSSR count). The average Bonchev–Trinajstić information content (AvgIpc) is 3.47. The molecule has 2 N–H and O–H groups in total. The smallest absolute Gasteiger partial charge is 0.303 e. The lowest BCUT2D eigenvalue weighted by Crippen LogP contribution is -2.14. The van der Waals surface area contributed by atoms with Crippen LogP contribution in [0.1, 0.15) is 47.8 Å². The van der Waals surface area contributed by atoms with Crippen LogP contribution in [0.4, 0.5) is 5.82 Å². The van der Waals surface area contributed by atoms with Gasteiger partial charge in [0.05, 0.1) is 13.0 Å². The van der Waals surface area contributed by atoms with E-state index in [1.807, 2.05) is 12.1 Å². The molecule has 0 radical (unpaired) electrons. The zero-order valence-corrected chi connectivity index (χ0v) is 18.2. The fraction of sp³-hybridized carbons (Fsp3) is 0.435. The quantitative estimate of drug-likeness (QED) is 0.506. The molecule has 1 aromatic carbocycles. The SMILES string of the molecule is O=C(O)CC(Cc1nnn(CCCc2ccc3c(n2)NCCC3)n1)c1ccc2c(c1)OCO2. The first-order valence-electron chi connectivity index (χ1n) is 11.2. The van der Waals surface area contributed by atoms with Crippen molar-refractivity contribution in [3.8, 4) is 11.5 Å². The van der Waals surface area contributed by atoms with Gasteiger partial charge in [-0.15, -0.1) is 10.2 Å². The van der Waals surface area contributed by atoms with E-state index in [1.54, 1.807) is 10.9 Å². The Kier molecular flexibility index (Phi) is 6.05. The maximum Gasteiger partial charge on any atom is 0.303 e. The molecule has 0 saturated carbocycles. The van der Waals surface area contributed by atoms with Crippen LogP contribution in [-0.2, 0) is 30.6 Å². The number of aromatic nitrogens is 5. The number of tetrazole rings is 1. The summed E-state index contributed by atoms with van der Waals surface area (Å²) in [5, 5.41) is 25.5. The molecular weight excluding hydrogens is 424 g/mol. The summed E-state index contributed by atoms with van der Waals surface area (Å²) in [6.45, 7) is 1.77. The zero-order valence-electron chi connectivity index (χ0n) is 18.2. The van der Waals surface area contributed by atoms with Gasteiger partial charge in [-0.2, -0.15) is 4.80 Å². The van der Waals surface area contributed by atoms with Crippen molar-refractivity contribution in [2.75, 3.05) is 18.7 Å². The molecule has 10 heteroatoms. The first-order chi connectivity index (χ1) is 16.1. The van der Waals surface area contributed by atoms with E-state index in [0.717, 1.165) is 49.3 Å². The largest absolute Gasteiger partial charge is 0.481 e. The molecule has 0 fully saturated rings. The number of nitrogens with one attached hydrogen (secondary N) is 1. The third kappa shape index (κ3) is 5.05. The number of carboxylic acids is 1. The van der Waals surface area contributed by atoms with Crippen LogP contribution in [0.5, 0.6) is 11.5 Å². The number of hydrogen-bond donors (Lipinski definition) is 2. The molecule has 0 aliphatic carbocycles. The molecule has 2 aromatic heterocycles. The molecule has 33 heavy (non-hydrogen) atoms. The number of aliphatic carboxylic acids is 1. The van der Waals surface area contributed by atoms with Gasteiger partial charge in [0.25, 0.3) is 0 Å². The number of carbonyl (C=O) groups is 1. The summed E-state index contributed by atoms with van der Waals surface area (Å²) in [5.41, 5.74) is 3.18. The van der Waals surface area contributed by atoms with Crippen LogP contribution in [0.2, 0.25) is 0 Å². The summed E-state index contributed by atoms with van der Waals surface area (Å²) in [5.74, 6) is 1.66. The number of fused-ring (bicyclic) bond motifs is 2. The minimum atomic E-state index is -0.878. The van der Waals surface area contributed by atoms with Gasteiger partial charge in [-0.1, -0.05) is 12.1 Å². The normalized spacial score (nSPS) is 15.0. The lowest BCUT2D eigenvalue weighted by molar-refractivity contribution is -0.137. The van der Waals surface area contributed by atoms with Crippen LogP contribution >= 0.6 is 0 Å². The molecule has 4 heterocycles. The first-order valence-corrected chi connectivity index (χ1v) is 11.2. The Morgan fingerprint density at radius 2 is 2.12 bits per heavy atom. The van der Waals surface area contributed by atoms with E-state index >= 15 is 0 Å². The lowest BCUT2D eigenvalue weighted by atomic mass is 9.92. The molecule has 0 bridgehead atoms. The van der Waals surface area contributed by atoms with E-state index in [9.17, 15) is 9.90 Å². The van der Waals surface area contributed by atoms with Gasteiger partial charge in [-0.3, -0.25) is 4.79 Å². The van der Waals surface area contributed by atoms with Crippen molar-refractivity contribution < 1.29 is 19.4 Å². The third-order valence-electron chi connectivity index (χ3n) is 5.96. The number of pyridine rings is 1. The Bertz CT molecular complexity index is 1150. The highest BCUT2D eigenvalue weighted by molar-refractivity contribution is 5.68. The Balaban J connectivity index is 1.19. The highest BCUT2D eigenvalue weighted by Crippen LogP contribution is 2.36. The highest BCUT2D eigenvalue weighted by atomic mass is 16.7. The van der Waals surface area contributed by atoms with Crippen LogP contribution in [0.3, 0.4) is 0 Å². The second-order valence-corrected chi connectivity index (χ2v) is 8.36. The van der Waals surface area contributed by atoms with Crippen LogP contribution in [-0.4, -0.2) is 49.6 Å². The van der Waals surface area contributed by atoms with E-state index in [4.69, 9.17) is 14.5 Å². The minimum absolute atomic E-state index is 0.0355. The van der Waals surface area contributed by atoms with Crippen LogP contribution < -0.4 is 14.8 Å². The number of benzene rings is 1. The summed E-state index contributed by atoms with van der Waals surface area (Å²) < 4.78 is 10.8. The number of hydrogen-bond acceptors (Lipinski definition) is 8. The predicted molar refractivity (Wildman–Crippen MR) is 118 cm³/mol. The van der Waals surface area contributed by atoms with Crippen LogP contribution in [0, 0.1) is 0 Å². The maximum absolute atomic E-state index is 11.4. The molecule has 1 atom stereocenters. The molecule has 2 aliphatic rings. The van der Waals surface area contributed by atoms with Gasteiger partial charge >= 0.3 is 5.97 Å². The van der Waals surface area contributed by atoms with Gasteiger partial charge in [-0.25, -0.2) is 4.98 Å². The monoisotopic (exact) mass is 450 g/mol. The second kappa shape index (κ2) is 9.43. The van der Waals surface area contributed by atoms with E-state index in [-0.39, 0.29) is 19.1 Å². The molecule has 1 unspecified atom stereocenters. The van der Waals surface area contributed by atoms with Crippen molar-refractivity contribution >= 4 is 11.8 Å². The van der Waals surface area contributed by atoms with Gasteiger partial charge in [0.2, 0.25) is 6.79 Å². The average molecular weight is 450 g/mol. The Labute approximate surface area is 190 Å². The van der Waals surface area contributed by atoms with Crippen molar-refractivity contribution in [3.05, 3.63) is 53.0 Å². The van der Waals surface area contributed by atoms with Crippen molar-refractivity contribution in [2.24, 2.45) is 0 Å². The zero-order chi connectivity index (χ0) is 22.6. The number of nitrogens with zero attached hydrogens (tertiary/aromatic N) is 5. The number of aryl methyl sites for hydroxylation is 3. The molecule has 172 valence electrons. The van der Waals surface area contributed by atoms with Gasteiger partial charge in [0, 0.05) is 24.6 Å². The fourth-order valence-electron chi connectivity index (χ4n) is 4.27. The number of anilines is 1. The second-order valence-electron chi connectivity index (χ2n) is 8.36. The number of carboxylic acid groups (broad SMARTS) is 1. The summed E-state index contributed by atoms with van der Waals surface area (Å²) in [4.78, 5) is 17.7. The molecule has 10 nitrogen and oxygen atoms in total. The number of ether oxygens (including phenoxy) is 2. The van der Waals surface area contributed by atoms with E-state index < -0.39 is 5.97 Å². The standard InChI is InChI=1S/C23H26N6O4/c30-22(31)13-17(16-6-8-19-20(11-16)33-14-32-19)12-21-26-28-29(27-21)10-2-4-18-7-5-15-3-1-9-24-23(15)25-18/h5-8,11,17H,1-4,9-10,12-14H2,(H,24,25)(H,30,31). The van der Waals surface area contributed by atoms with Gasteiger partial charge in [0.15, 0.2) is 17.3 Å². The molecule has 0 spiro atoms. The minimum Gasteiger partial charge on any atom is -0.481 e. The molecule has 3 aromatic rings.